The minimum absolute atomic E-state index is 0.0227. The van der Waals surface area contributed by atoms with E-state index < -0.39 is 212 Å². The van der Waals surface area contributed by atoms with Crippen molar-refractivity contribution in [2.45, 2.75) is 0 Å². The Kier molecular flexibility index (Phi) is 4.03. The minimum atomic E-state index is -3.91. The highest BCUT2D eigenvalue weighted by Gasteiger charge is 2.41. The summed E-state index contributed by atoms with van der Waals surface area (Å²) in [5, 5.41) is -0.450. The SMILES string of the molecule is [2H]c1c([2H])c([Si](c2ccccc2)(c2ccccc2)c2ccccc2)c([2H])c([2H])c1-n1c2c([2H])c([2H])c([2H])c([2H])c2c2c([2H])c(-n3c4c([2H])c([2H])c([2H])c([2H])c4c4c([2H])c([2H])c([2H])c([2H])c43)c3oc4c([2H])c([2H])c([2H])c([2H])c4c3c21. The summed E-state index contributed by atoms with van der Waals surface area (Å²) in [6.07, 6.45) is 0. The average Bonchev–Trinajstić information content (AvgIpc) is 3.65. The molecule has 0 aliphatic rings. The van der Waals surface area contributed by atoms with E-state index in [1.54, 1.807) is 0 Å². The maximum atomic E-state index is 10.4. The van der Waals surface area contributed by atoms with E-state index in [9.17, 15) is 13.7 Å². The first-order valence-electron chi connectivity index (χ1n) is 28.7. The standard InChI is InChI=1S/C54H36N2OSi/c1-4-18-38(19-5-1)58(39-20-6-2-7-21-39,40-22-8-3-9-23-40)41-34-32-37(33-35-41)55-47-28-14-12-26-44(47)46-36-50(54-52(53(46)55)45-27-13-17-31-51(45)57-54)56-48-29-15-10-24-42(48)43-25-11-16-30-49(43)56/h1-36H/i10D,11D,12D,13D,14D,15D,16D,17D,24D,25D,26D,27D,28D,29D,30D,31D,32D,33D,34D,35D,36D. The Balaban J connectivity index is 1.38. The van der Waals surface area contributed by atoms with Crippen LogP contribution in [0.1, 0.15) is 28.8 Å². The van der Waals surface area contributed by atoms with Crippen molar-refractivity contribution in [3.05, 3.63) is 218 Å². The zero-order valence-electron chi connectivity index (χ0n) is 51.0. The summed E-state index contributed by atoms with van der Waals surface area (Å²) in [6.45, 7) is 0. The first kappa shape index (κ1) is 18.2. The fourth-order valence-corrected chi connectivity index (χ4v) is 12.8. The third-order valence-electron chi connectivity index (χ3n) is 10.7. The Labute approximate surface area is 365 Å². The molecule has 0 N–H and O–H groups in total. The molecule has 0 aliphatic heterocycles. The van der Waals surface area contributed by atoms with E-state index in [2.05, 4.69) is 0 Å². The van der Waals surface area contributed by atoms with E-state index in [1.807, 2.05) is 91.0 Å². The molecule has 3 nitrogen and oxygen atoms in total. The van der Waals surface area contributed by atoms with Crippen LogP contribution < -0.4 is 20.7 Å². The maximum Gasteiger partial charge on any atom is 0.179 e. The van der Waals surface area contributed by atoms with Gasteiger partial charge in [0.15, 0.2) is 13.7 Å². The van der Waals surface area contributed by atoms with Crippen molar-refractivity contribution in [3.63, 3.8) is 0 Å². The molecular weight excluding hydrogens is 721 g/mol. The lowest BCUT2D eigenvalue weighted by Crippen LogP contribution is -2.74. The van der Waals surface area contributed by atoms with Gasteiger partial charge in [0.25, 0.3) is 0 Å². The van der Waals surface area contributed by atoms with Crippen LogP contribution in [-0.2, 0) is 0 Å². The van der Waals surface area contributed by atoms with Gasteiger partial charge in [-0.3, -0.25) is 0 Å². The molecule has 0 saturated carbocycles. The Morgan fingerprint density at radius 3 is 1.40 bits per heavy atom. The van der Waals surface area contributed by atoms with Gasteiger partial charge in [0.2, 0.25) is 0 Å². The monoisotopic (exact) mass is 777 g/mol. The molecule has 12 rings (SSSR count). The molecule has 0 spiro atoms. The predicted octanol–water partition coefficient (Wildman–Crippen LogP) is 11.2. The normalized spacial score (nSPS) is 17.2. The zero-order valence-corrected chi connectivity index (χ0v) is 31.0. The van der Waals surface area contributed by atoms with Crippen LogP contribution in [0, 0.1) is 0 Å². The van der Waals surface area contributed by atoms with Crippen molar-refractivity contribution in [3.8, 4) is 11.4 Å². The summed E-state index contributed by atoms with van der Waals surface area (Å²) in [4.78, 5) is 0. The van der Waals surface area contributed by atoms with Gasteiger partial charge >= 0.3 is 0 Å². The fraction of sp³-hybridized carbons (Fsp3) is 0. The number of aromatic nitrogens is 2. The lowest BCUT2D eigenvalue weighted by molar-refractivity contribution is 0.666. The highest BCUT2D eigenvalue weighted by atomic mass is 28.3. The van der Waals surface area contributed by atoms with Crippen LogP contribution in [-0.4, -0.2) is 17.2 Å². The third-order valence-corrected chi connectivity index (χ3v) is 15.3. The zero-order chi connectivity index (χ0) is 56.5. The lowest BCUT2D eigenvalue weighted by Gasteiger charge is -2.34. The minimum Gasteiger partial charge on any atom is -0.454 e. The largest absolute Gasteiger partial charge is 0.454 e. The van der Waals surface area contributed by atoms with E-state index in [0.29, 0.717) is 15.6 Å². The molecule has 0 unspecified atom stereocenters. The summed E-state index contributed by atoms with van der Waals surface area (Å²) < 4.78 is 205. The molecule has 0 radical (unpaired) electrons. The number of para-hydroxylation sites is 4. The van der Waals surface area contributed by atoms with Crippen LogP contribution in [0.4, 0.5) is 0 Å². The highest BCUT2D eigenvalue weighted by molar-refractivity contribution is 7.19. The van der Waals surface area contributed by atoms with E-state index >= 15 is 0 Å². The smallest absolute Gasteiger partial charge is 0.179 e. The van der Waals surface area contributed by atoms with Crippen molar-refractivity contribution in [2.24, 2.45) is 0 Å². The molecular formula is C54H36N2OSi. The summed E-state index contributed by atoms with van der Waals surface area (Å²) in [6, 6.07) is 11.6. The highest BCUT2D eigenvalue weighted by Crippen LogP contribution is 2.45. The molecule has 0 fully saturated rings. The van der Waals surface area contributed by atoms with Gasteiger partial charge in [-0.1, -0.05) is 176 Å². The van der Waals surface area contributed by atoms with Gasteiger partial charge in [0.05, 0.1) is 61.9 Å². The molecule has 272 valence electrons. The quantitative estimate of drug-likeness (QED) is 0.122. The predicted molar refractivity (Wildman–Crippen MR) is 246 cm³/mol. The van der Waals surface area contributed by atoms with E-state index in [4.69, 9.17) is 19.5 Å². The first-order chi connectivity index (χ1) is 37.5. The van der Waals surface area contributed by atoms with Crippen molar-refractivity contribution in [2.75, 3.05) is 0 Å². The number of fused-ring (bicyclic) bond motifs is 10. The van der Waals surface area contributed by atoms with Crippen molar-refractivity contribution < 1.29 is 33.2 Å². The van der Waals surface area contributed by atoms with Gasteiger partial charge in [-0.15, -0.1) is 0 Å². The number of hydrogen-bond acceptors (Lipinski definition) is 1. The second kappa shape index (κ2) is 12.8. The lowest BCUT2D eigenvalue weighted by atomic mass is 10.1. The number of nitrogens with zero attached hydrogens (tertiary/aromatic N) is 2. The first-order valence-corrected chi connectivity index (χ1v) is 20.2. The number of rotatable bonds is 6. The summed E-state index contributed by atoms with van der Waals surface area (Å²) in [7, 11) is -3.91. The molecule has 0 amide bonds. The van der Waals surface area contributed by atoms with Gasteiger partial charge in [0, 0.05) is 32.6 Å². The van der Waals surface area contributed by atoms with Crippen LogP contribution in [0.15, 0.2) is 222 Å². The van der Waals surface area contributed by atoms with Crippen LogP contribution in [0.5, 0.6) is 0 Å². The molecule has 4 heteroatoms. The van der Waals surface area contributed by atoms with Crippen molar-refractivity contribution >= 4 is 94.4 Å². The van der Waals surface area contributed by atoms with E-state index in [0.717, 1.165) is 9.13 Å². The van der Waals surface area contributed by atoms with Crippen LogP contribution in [0.3, 0.4) is 0 Å². The van der Waals surface area contributed by atoms with Gasteiger partial charge < -0.3 is 13.6 Å². The van der Waals surface area contributed by atoms with Gasteiger partial charge in [-0.2, -0.15) is 0 Å². The molecule has 12 aromatic rings. The van der Waals surface area contributed by atoms with E-state index in [1.165, 1.54) is 0 Å². The Morgan fingerprint density at radius 1 is 0.414 bits per heavy atom. The second-order valence-corrected chi connectivity index (χ2v) is 17.4. The average molecular weight is 778 g/mol. The molecule has 0 atom stereocenters. The molecule has 0 saturated heterocycles. The molecule has 3 aromatic heterocycles. The Hall–Kier alpha value is -7.40. The molecule has 9 aromatic carbocycles. The van der Waals surface area contributed by atoms with Crippen molar-refractivity contribution in [1.29, 1.82) is 0 Å². The maximum absolute atomic E-state index is 10.4. The van der Waals surface area contributed by atoms with Gasteiger partial charge in [-0.25, -0.2) is 0 Å². The molecule has 0 aliphatic carbocycles. The van der Waals surface area contributed by atoms with Crippen LogP contribution in [0.25, 0.3) is 76.9 Å². The third kappa shape index (κ3) is 4.61. The van der Waals surface area contributed by atoms with Crippen LogP contribution in [0.2, 0.25) is 0 Å². The molecule has 58 heavy (non-hydrogen) atoms. The second-order valence-electron chi connectivity index (χ2n) is 13.6. The van der Waals surface area contributed by atoms with Crippen LogP contribution >= 0.6 is 0 Å². The number of benzene rings is 9. The Morgan fingerprint density at radius 2 is 0.862 bits per heavy atom. The summed E-state index contributed by atoms with van der Waals surface area (Å²) in [5.74, 6) is 0. The molecule has 0 bridgehead atoms. The Bertz CT molecular complexity index is 4530. The fourth-order valence-electron chi connectivity index (χ4n) is 8.37. The topological polar surface area (TPSA) is 23.0 Å². The summed E-state index contributed by atoms with van der Waals surface area (Å²) >= 11 is 0. The summed E-state index contributed by atoms with van der Waals surface area (Å²) in [5.41, 5.74) is -4.22. The van der Waals surface area contributed by atoms with Gasteiger partial charge in [-0.05, 0) is 63.0 Å². The van der Waals surface area contributed by atoms with E-state index in [-0.39, 0.29) is 5.19 Å². The van der Waals surface area contributed by atoms with Crippen molar-refractivity contribution in [1.82, 2.24) is 9.13 Å². The van der Waals surface area contributed by atoms with Gasteiger partial charge in [0.1, 0.15) is 5.58 Å². The number of hydrogen-bond donors (Lipinski definition) is 0. The molecule has 3 heterocycles. The number of furan rings is 1.